The molecule has 19 heavy (non-hydrogen) atoms. The zero-order valence-corrected chi connectivity index (χ0v) is 12.7. The van der Waals surface area contributed by atoms with Crippen LogP contribution in [0.5, 0.6) is 0 Å². The molecule has 0 saturated carbocycles. The van der Waals surface area contributed by atoms with Gasteiger partial charge in [0.25, 0.3) is 0 Å². The van der Waals surface area contributed by atoms with Gasteiger partial charge in [-0.2, -0.15) is 0 Å². The maximum atomic E-state index is 4.54. The Morgan fingerprint density at radius 3 is 3.05 bits per heavy atom. The average Bonchev–Trinajstić information content (AvgIpc) is 2.40. The van der Waals surface area contributed by atoms with Gasteiger partial charge in [-0.3, -0.25) is 9.97 Å². The highest BCUT2D eigenvalue weighted by atomic mass is 79.9. The van der Waals surface area contributed by atoms with Gasteiger partial charge in [0.2, 0.25) is 0 Å². The van der Waals surface area contributed by atoms with Gasteiger partial charge in [-0.25, -0.2) is 0 Å². The standard InChI is InChI=1S/C14H17BrN4/c1-9-8-19(10(2)6-17-9)13-3-4-16-12-5-11(15)7-18-14(12)13/h3-5,7,9-10,17H,6,8H2,1-2H3. The second-order valence-electron chi connectivity index (χ2n) is 5.16. The Balaban J connectivity index is 2.09. The molecular weight excluding hydrogens is 304 g/mol. The minimum atomic E-state index is 0.465. The van der Waals surface area contributed by atoms with Crippen molar-refractivity contribution in [3.63, 3.8) is 0 Å². The lowest BCUT2D eigenvalue weighted by Gasteiger charge is -2.39. The van der Waals surface area contributed by atoms with Gasteiger partial charge in [0.1, 0.15) is 5.52 Å². The highest BCUT2D eigenvalue weighted by Gasteiger charge is 2.24. The average molecular weight is 321 g/mol. The van der Waals surface area contributed by atoms with Gasteiger partial charge in [0, 0.05) is 42.0 Å². The molecule has 2 unspecified atom stereocenters. The fraction of sp³-hybridized carbons (Fsp3) is 0.429. The first kappa shape index (κ1) is 12.8. The molecule has 1 saturated heterocycles. The number of piperazine rings is 1. The molecule has 3 heterocycles. The molecule has 4 nitrogen and oxygen atoms in total. The maximum absolute atomic E-state index is 4.54. The van der Waals surface area contributed by atoms with E-state index in [9.17, 15) is 0 Å². The molecule has 5 heteroatoms. The number of anilines is 1. The lowest BCUT2D eigenvalue weighted by atomic mass is 10.1. The molecule has 0 aliphatic carbocycles. The van der Waals surface area contributed by atoms with Gasteiger partial charge in [0.15, 0.2) is 0 Å². The highest BCUT2D eigenvalue weighted by molar-refractivity contribution is 9.10. The van der Waals surface area contributed by atoms with Crippen LogP contribution in [-0.2, 0) is 0 Å². The smallest absolute Gasteiger partial charge is 0.112 e. The van der Waals surface area contributed by atoms with Crippen LogP contribution in [0, 0.1) is 0 Å². The van der Waals surface area contributed by atoms with E-state index in [0.717, 1.165) is 28.6 Å². The summed E-state index contributed by atoms with van der Waals surface area (Å²) in [5.74, 6) is 0. The summed E-state index contributed by atoms with van der Waals surface area (Å²) in [4.78, 5) is 11.4. The molecule has 0 aromatic carbocycles. The number of fused-ring (bicyclic) bond motifs is 1. The molecule has 2 aromatic heterocycles. The number of nitrogens with zero attached hydrogens (tertiary/aromatic N) is 3. The van der Waals surface area contributed by atoms with E-state index in [-0.39, 0.29) is 0 Å². The first-order valence-electron chi connectivity index (χ1n) is 6.55. The number of hydrogen-bond acceptors (Lipinski definition) is 4. The van der Waals surface area contributed by atoms with E-state index >= 15 is 0 Å². The largest absolute Gasteiger partial charge is 0.364 e. The maximum Gasteiger partial charge on any atom is 0.112 e. The first-order chi connectivity index (χ1) is 9.15. The number of halogens is 1. The molecule has 3 rings (SSSR count). The Morgan fingerprint density at radius 2 is 2.21 bits per heavy atom. The summed E-state index contributed by atoms with van der Waals surface area (Å²) in [5.41, 5.74) is 3.09. The van der Waals surface area contributed by atoms with E-state index in [2.05, 4.69) is 56.0 Å². The van der Waals surface area contributed by atoms with Gasteiger partial charge < -0.3 is 10.2 Å². The van der Waals surface area contributed by atoms with Crippen LogP contribution < -0.4 is 10.2 Å². The van der Waals surface area contributed by atoms with Crippen LogP contribution in [0.4, 0.5) is 5.69 Å². The summed E-state index contributed by atoms with van der Waals surface area (Å²) in [6, 6.07) is 5.04. The zero-order valence-electron chi connectivity index (χ0n) is 11.1. The van der Waals surface area contributed by atoms with E-state index in [1.807, 2.05) is 18.5 Å². The zero-order chi connectivity index (χ0) is 13.4. The van der Waals surface area contributed by atoms with Gasteiger partial charge >= 0.3 is 0 Å². The number of rotatable bonds is 1. The van der Waals surface area contributed by atoms with Crippen LogP contribution in [0.25, 0.3) is 11.0 Å². The van der Waals surface area contributed by atoms with Crippen molar-refractivity contribution < 1.29 is 0 Å². The van der Waals surface area contributed by atoms with Crippen LogP contribution in [-0.4, -0.2) is 35.1 Å². The van der Waals surface area contributed by atoms with Crippen molar-refractivity contribution in [3.05, 3.63) is 29.0 Å². The van der Waals surface area contributed by atoms with Gasteiger partial charge in [-0.1, -0.05) is 0 Å². The molecular formula is C14H17BrN4. The first-order valence-corrected chi connectivity index (χ1v) is 7.35. The summed E-state index contributed by atoms with van der Waals surface area (Å²) in [6.07, 6.45) is 3.70. The summed E-state index contributed by atoms with van der Waals surface area (Å²) in [5, 5.41) is 3.50. The van der Waals surface area contributed by atoms with Crippen LogP contribution in [0.1, 0.15) is 13.8 Å². The predicted octanol–water partition coefficient (Wildman–Crippen LogP) is 2.58. The second-order valence-corrected chi connectivity index (χ2v) is 6.08. The molecule has 0 radical (unpaired) electrons. The molecule has 0 amide bonds. The van der Waals surface area contributed by atoms with Crippen molar-refractivity contribution in [2.75, 3.05) is 18.0 Å². The molecule has 1 aliphatic heterocycles. The van der Waals surface area contributed by atoms with Crippen LogP contribution in [0.15, 0.2) is 29.0 Å². The fourth-order valence-electron chi connectivity index (χ4n) is 2.58. The number of nitrogens with one attached hydrogen (secondary N) is 1. The third-order valence-corrected chi connectivity index (χ3v) is 4.03. The molecule has 0 bridgehead atoms. The van der Waals surface area contributed by atoms with E-state index in [4.69, 9.17) is 0 Å². The van der Waals surface area contributed by atoms with Crippen molar-refractivity contribution in [2.24, 2.45) is 0 Å². The molecule has 100 valence electrons. The second kappa shape index (κ2) is 5.06. The minimum Gasteiger partial charge on any atom is -0.364 e. The van der Waals surface area contributed by atoms with Crippen molar-refractivity contribution in [3.8, 4) is 0 Å². The van der Waals surface area contributed by atoms with E-state index in [1.165, 1.54) is 5.69 Å². The Morgan fingerprint density at radius 1 is 1.37 bits per heavy atom. The molecule has 0 spiro atoms. The normalized spacial score (nSPS) is 23.8. The van der Waals surface area contributed by atoms with Crippen molar-refractivity contribution in [1.29, 1.82) is 0 Å². The topological polar surface area (TPSA) is 41.1 Å². The van der Waals surface area contributed by atoms with Crippen molar-refractivity contribution in [2.45, 2.75) is 25.9 Å². The Hall–Kier alpha value is -1.20. The van der Waals surface area contributed by atoms with Crippen LogP contribution in [0.3, 0.4) is 0 Å². The number of pyridine rings is 2. The SMILES string of the molecule is CC1CN(c2ccnc3cc(Br)cnc23)C(C)CN1. The molecule has 1 fully saturated rings. The third kappa shape index (κ3) is 2.44. The summed E-state index contributed by atoms with van der Waals surface area (Å²) >= 11 is 3.45. The van der Waals surface area contributed by atoms with Crippen LogP contribution >= 0.6 is 15.9 Å². The quantitative estimate of drug-likeness (QED) is 0.876. The molecule has 2 aromatic rings. The summed E-state index contributed by atoms with van der Waals surface area (Å²) in [7, 11) is 0. The van der Waals surface area contributed by atoms with Gasteiger partial charge in [-0.05, 0) is 41.9 Å². The highest BCUT2D eigenvalue weighted by Crippen LogP contribution is 2.27. The minimum absolute atomic E-state index is 0.465. The van der Waals surface area contributed by atoms with Gasteiger partial charge in [-0.15, -0.1) is 0 Å². The monoisotopic (exact) mass is 320 g/mol. The molecule has 1 N–H and O–H groups in total. The Bertz CT molecular complexity index is 601. The lowest BCUT2D eigenvalue weighted by Crippen LogP contribution is -2.54. The Labute approximate surface area is 121 Å². The Kier molecular flexibility index (Phi) is 3.41. The molecule has 2 atom stereocenters. The summed E-state index contributed by atoms with van der Waals surface area (Å²) < 4.78 is 0.964. The van der Waals surface area contributed by atoms with Gasteiger partial charge in [0.05, 0.1) is 11.2 Å². The van der Waals surface area contributed by atoms with Crippen molar-refractivity contribution >= 4 is 32.7 Å². The van der Waals surface area contributed by atoms with Crippen molar-refractivity contribution in [1.82, 2.24) is 15.3 Å². The molecule has 1 aliphatic rings. The number of hydrogen-bond donors (Lipinski definition) is 1. The van der Waals surface area contributed by atoms with Crippen LogP contribution in [0.2, 0.25) is 0 Å². The van der Waals surface area contributed by atoms with E-state index < -0.39 is 0 Å². The fourth-order valence-corrected chi connectivity index (χ4v) is 2.90. The van der Waals surface area contributed by atoms with E-state index in [0.29, 0.717) is 12.1 Å². The number of aromatic nitrogens is 2. The van der Waals surface area contributed by atoms with E-state index in [1.54, 1.807) is 0 Å². The summed E-state index contributed by atoms with van der Waals surface area (Å²) in [6.45, 7) is 6.45. The third-order valence-electron chi connectivity index (χ3n) is 3.60. The lowest BCUT2D eigenvalue weighted by molar-refractivity contribution is 0.425. The predicted molar refractivity (Wildman–Crippen MR) is 81.5 cm³/mol.